The zero-order chi connectivity index (χ0) is 13.1. The van der Waals surface area contributed by atoms with Crippen LogP contribution in [-0.2, 0) is 0 Å². The zero-order valence-electron chi connectivity index (χ0n) is 11.1. The molecule has 1 unspecified atom stereocenters. The van der Waals surface area contributed by atoms with E-state index < -0.39 is 0 Å². The van der Waals surface area contributed by atoms with Gasteiger partial charge >= 0.3 is 0 Å². The van der Waals surface area contributed by atoms with Crippen molar-refractivity contribution in [2.75, 3.05) is 0 Å². The zero-order valence-corrected chi connectivity index (χ0v) is 11.1. The van der Waals surface area contributed by atoms with Gasteiger partial charge in [0.2, 0.25) is 0 Å². The molecule has 0 aromatic heterocycles. The van der Waals surface area contributed by atoms with Gasteiger partial charge in [-0.1, -0.05) is 31.1 Å². The van der Waals surface area contributed by atoms with Crippen molar-refractivity contribution in [2.45, 2.75) is 39.2 Å². The van der Waals surface area contributed by atoms with E-state index >= 15 is 0 Å². The molecule has 1 atom stereocenters. The highest BCUT2D eigenvalue weighted by Crippen LogP contribution is 2.30. The second kappa shape index (κ2) is 5.10. The lowest BCUT2D eigenvalue weighted by molar-refractivity contribution is 0.130. The van der Waals surface area contributed by atoms with Gasteiger partial charge in [0.05, 0.1) is 5.56 Å². The fourth-order valence-corrected chi connectivity index (χ4v) is 1.62. The molecule has 0 N–H and O–H groups in total. The molecule has 1 nitrogen and oxygen atoms in total. The number of rotatable bonds is 3. The van der Waals surface area contributed by atoms with Gasteiger partial charge in [0.25, 0.3) is 0 Å². The Hall–Kier alpha value is -1.68. The third-order valence-corrected chi connectivity index (χ3v) is 2.46. The van der Waals surface area contributed by atoms with Gasteiger partial charge in [0.1, 0.15) is 11.4 Å². The van der Waals surface area contributed by atoms with Crippen molar-refractivity contribution in [1.29, 1.82) is 0 Å². The lowest BCUT2D eigenvalue weighted by atomic mass is 9.95. The van der Waals surface area contributed by atoms with Crippen molar-refractivity contribution in [2.24, 2.45) is 0 Å². The lowest BCUT2D eigenvalue weighted by Gasteiger charge is -2.23. The van der Waals surface area contributed by atoms with Gasteiger partial charge in [-0.05, 0) is 32.4 Å². The summed E-state index contributed by atoms with van der Waals surface area (Å²) in [4.78, 5) is 0. The van der Waals surface area contributed by atoms with Crippen molar-refractivity contribution in [3.05, 3.63) is 42.0 Å². The first-order chi connectivity index (χ1) is 7.89. The summed E-state index contributed by atoms with van der Waals surface area (Å²) < 4.78 is 5.88. The van der Waals surface area contributed by atoms with Gasteiger partial charge in [-0.25, -0.2) is 0 Å². The minimum Gasteiger partial charge on any atom is -0.487 e. The summed E-state index contributed by atoms with van der Waals surface area (Å²) in [6, 6.07) is 5.91. The average Bonchev–Trinajstić information content (AvgIpc) is 2.25. The minimum atomic E-state index is -0.248. The lowest BCUT2D eigenvalue weighted by Crippen LogP contribution is -2.23. The maximum Gasteiger partial charge on any atom is 0.136 e. The molecular formula is C16H20O. The summed E-state index contributed by atoms with van der Waals surface area (Å²) in [6.07, 6.45) is 7.48. The van der Waals surface area contributed by atoms with Crippen molar-refractivity contribution in [3.63, 3.8) is 0 Å². The molecule has 0 spiro atoms. The average molecular weight is 228 g/mol. The number of hydrogen-bond acceptors (Lipinski definition) is 1. The molecule has 0 aliphatic rings. The highest BCUT2D eigenvalue weighted by Gasteiger charge is 2.17. The molecule has 0 fully saturated rings. The van der Waals surface area contributed by atoms with Crippen LogP contribution in [0.2, 0.25) is 0 Å². The second-order valence-electron chi connectivity index (χ2n) is 5.10. The molecular weight excluding hydrogens is 208 g/mol. The molecule has 17 heavy (non-hydrogen) atoms. The van der Waals surface area contributed by atoms with E-state index in [0.29, 0.717) is 0 Å². The van der Waals surface area contributed by atoms with Crippen LogP contribution in [0.4, 0.5) is 0 Å². The van der Waals surface area contributed by atoms with E-state index in [0.717, 1.165) is 16.9 Å². The summed E-state index contributed by atoms with van der Waals surface area (Å²) >= 11 is 0. The van der Waals surface area contributed by atoms with Crippen molar-refractivity contribution >= 4 is 0 Å². The highest BCUT2D eigenvalue weighted by molar-refractivity contribution is 5.52. The van der Waals surface area contributed by atoms with Crippen LogP contribution in [0.25, 0.3) is 0 Å². The smallest absolute Gasteiger partial charge is 0.136 e. The molecule has 0 amide bonds. The minimum absolute atomic E-state index is 0.226. The van der Waals surface area contributed by atoms with E-state index in [1.807, 2.05) is 45.0 Å². The summed E-state index contributed by atoms with van der Waals surface area (Å²) in [6.45, 7) is 11.9. The van der Waals surface area contributed by atoms with Gasteiger partial charge in [-0.15, -0.1) is 13.0 Å². The van der Waals surface area contributed by atoms with Crippen LogP contribution < -0.4 is 4.74 Å². The fourth-order valence-electron chi connectivity index (χ4n) is 1.62. The van der Waals surface area contributed by atoms with Gasteiger partial charge < -0.3 is 4.74 Å². The number of benzene rings is 1. The van der Waals surface area contributed by atoms with E-state index in [4.69, 9.17) is 11.2 Å². The Morgan fingerprint density at radius 2 is 2.06 bits per heavy atom. The Morgan fingerprint density at radius 3 is 2.53 bits per heavy atom. The molecule has 0 saturated carbocycles. The molecule has 0 aliphatic heterocycles. The van der Waals surface area contributed by atoms with Gasteiger partial charge in [0.15, 0.2) is 0 Å². The van der Waals surface area contributed by atoms with E-state index in [9.17, 15) is 0 Å². The quantitative estimate of drug-likeness (QED) is 0.558. The second-order valence-corrected chi connectivity index (χ2v) is 5.10. The van der Waals surface area contributed by atoms with Crippen LogP contribution in [0.1, 0.15) is 44.7 Å². The van der Waals surface area contributed by atoms with Gasteiger partial charge in [-0.3, -0.25) is 0 Å². The Bertz CT molecular complexity index is 444. The molecule has 0 heterocycles. The number of hydrogen-bond donors (Lipinski definition) is 0. The molecule has 90 valence electrons. The number of ether oxygens (including phenoxy) is 1. The Balaban J connectivity index is 3.25. The molecule has 0 radical (unpaired) electrons. The molecule has 0 aliphatic carbocycles. The van der Waals surface area contributed by atoms with Gasteiger partial charge in [0, 0.05) is 5.92 Å². The Morgan fingerprint density at radius 1 is 1.41 bits per heavy atom. The van der Waals surface area contributed by atoms with E-state index in [1.54, 1.807) is 0 Å². The first kappa shape index (κ1) is 13.4. The largest absolute Gasteiger partial charge is 0.487 e. The summed E-state index contributed by atoms with van der Waals surface area (Å²) in [7, 11) is 0. The van der Waals surface area contributed by atoms with E-state index in [1.165, 1.54) is 0 Å². The van der Waals surface area contributed by atoms with Crippen molar-refractivity contribution in [1.82, 2.24) is 0 Å². The van der Waals surface area contributed by atoms with Crippen LogP contribution in [0, 0.1) is 12.3 Å². The monoisotopic (exact) mass is 228 g/mol. The maximum absolute atomic E-state index is 5.88. The van der Waals surface area contributed by atoms with Crippen molar-refractivity contribution in [3.8, 4) is 18.1 Å². The summed E-state index contributed by atoms with van der Waals surface area (Å²) in [5.74, 6) is 3.73. The van der Waals surface area contributed by atoms with Crippen LogP contribution in [0.15, 0.2) is 30.9 Å². The van der Waals surface area contributed by atoms with Gasteiger partial charge in [-0.2, -0.15) is 0 Å². The SMILES string of the molecule is C#Cc1c(OC(C)(C)C)cccc1C(C)C=C. The predicted molar refractivity (Wildman–Crippen MR) is 73.4 cm³/mol. The van der Waals surface area contributed by atoms with Crippen molar-refractivity contribution < 1.29 is 4.74 Å². The summed E-state index contributed by atoms with van der Waals surface area (Å²) in [5.41, 5.74) is 1.67. The normalized spacial score (nSPS) is 12.6. The third-order valence-electron chi connectivity index (χ3n) is 2.46. The molecule has 1 aromatic rings. The fraction of sp³-hybridized carbons (Fsp3) is 0.375. The van der Waals surface area contributed by atoms with Crippen LogP contribution >= 0.6 is 0 Å². The maximum atomic E-state index is 5.88. The molecule has 1 heteroatoms. The highest BCUT2D eigenvalue weighted by atomic mass is 16.5. The molecule has 1 aromatic carbocycles. The Kier molecular flexibility index (Phi) is 4.02. The predicted octanol–water partition coefficient (Wildman–Crippen LogP) is 4.13. The number of allylic oxidation sites excluding steroid dienone is 1. The van der Waals surface area contributed by atoms with Crippen LogP contribution in [0.5, 0.6) is 5.75 Å². The van der Waals surface area contributed by atoms with E-state index in [2.05, 4.69) is 19.4 Å². The summed E-state index contributed by atoms with van der Waals surface area (Å²) in [5, 5.41) is 0. The standard InChI is InChI=1S/C16H20O/c1-7-12(3)14-10-9-11-15(13(14)8-2)17-16(4,5)6/h2,7,9-12H,1H2,3-6H3. The van der Waals surface area contributed by atoms with Crippen LogP contribution in [-0.4, -0.2) is 5.60 Å². The molecule has 1 rings (SSSR count). The molecule has 0 saturated heterocycles. The number of terminal acetylenes is 1. The topological polar surface area (TPSA) is 9.23 Å². The first-order valence-electron chi connectivity index (χ1n) is 5.80. The Labute approximate surface area is 105 Å². The van der Waals surface area contributed by atoms with E-state index in [-0.39, 0.29) is 11.5 Å². The first-order valence-corrected chi connectivity index (χ1v) is 5.80. The molecule has 0 bridgehead atoms. The third kappa shape index (κ3) is 3.39. The van der Waals surface area contributed by atoms with Crippen LogP contribution in [0.3, 0.4) is 0 Å².